The highest BCUT2D eigenvalue weighted by molar-refractivity contribution is 6.21. The van der Waals surface area contributed by atoms with E-state index in [9.17, 15) is 4.79 Å². The molecule has 0 aliphatic rings. The summed E-state index contributed by atoms with van der Waals surface area (Å²) in [4.78, 5) is 13.7. The molecule has 0 bridgehead atoms. The lowest BCUT2D eigenvalue weighted by Gasteiger charge is -2.10. The zero-order valence-corrected chi connectivity index (χ0v) is 14.2. The molecule has 0 atom stereocenters. The summed E-state index contributed by atoms with van der Waals surface area (Å²) < 4.78 is 5.41. The van der Waals surface area contributed by atoms with E-state index in [0.717, 1.165) is 17.7 Å². The number of nitrogens with one attached hydrogen (secondary N) is 1. The Morgan fingerprint density at radius 1 is 1.00 bits per heavy atom. The van der Waals surface area contributed by atoms with Crippen molar-refractivity contribution < 1.29 is 26.8 Å². The third kappa shape index (κ3) is 6.27. The predicted octanol–water partition coefficient (Wildman–Crippen LogP) is -1.08. The lowest BCUT2D eigenvalue weighted by Crippen LogP contribution is -3.06. The van der Waals surface area contributed by atoms with Gasteiger partial charge < -0.3 is 22.0 Å². The second-order valence-corrected chi connectivity index (χ2v) is 5.43. The molecular weight excluding hydrogens is 310 g/mol. The lowest BCUT2D eigenvalue weighted by molar-refractivity contribution is -0.858. The van der Waals surface area contributed by atoms with Gasteiger partial charge in [-0.15, -0.1) is 0 Å². The van der Waals surface area contributed by atoms with Crippen LogP contribution in [0.4, 0.5) is 0 Å². The van der Waals surface area contributed by atoms with E-state index < -0.39 is 0 Å². The molecule has 0 aliphatic heterocycles. The van der Waals surface area contributed by atoms with Gasteiger partial charge >= 0.3 is 5.97 Å². The molecule has 0 unspecified atom stereocenters. The number of carbonyl (C=O) groups excluding carboxylic acids is 1. The minimum absolute atomic E-state index is 0. The summed E-state index contributed by atoms with van der Waals surface area (Å²) in [6.45, 7) is 1.21. The number of hydrogen-bond donors (Lipinski definition) is 1. The first-order chi connectivity index (χ1) is 10.7. The van der Waals surface area contributed by atoms with E-state index in [1.165, 1.54) is 4.90 Å². The molecule has 2 aromatic carbocycles. The molecule has 0 saturated heterocycles. The van der Waals surface area contributed by atoms with Crippen LogP contribution >= 0.6 is 0 Å². The Morgan fingerprint density at radius 2 is 1.57 bits per heavy atom. The van der Waals surface area contributed by atoms with Crippen LogP contribution in [-0.4, -0.2) is 33.2 Å². The first kappa shape index (κ1) is 18.9. The molecule has 23 heavy (non-hydrogen) atoms. The maximum absolute atomic E-state index is 12.4. The smallest absolute Gasteiger partial charge is 0.338 e. The summed E-state index contributed by atoms with van der Waals surface area (Å²) in [5, 5.41) is 0. The van der Waals surface area contributed by atoms with E-state index in [-0.39, 0.29) is 18.4 Å². The van der Waals surface area contributed by atoms with E-state index in [1.807, 2.05) is 80.8 Å². The number of likely N-dealkylation sites (N-methyl/N-ethyl adjacent to an activating group) is 1. The highest BCUT2D eigenvalue weighted by atomic mass is 35.5. The topological polar surface area (TPSA) is 30.7 Å². The number of carbonyl (C=O) groups is 1. The monoisotopic (exact) mass is 331 g/mol. The molecule has 0 radical (unpaired) electrons. The van der Waals surface area contributed by atoms with Gasteiger partial charge in [-0.3, -0.25) is 0 Å². The SMILES string of the molecule is C[NH+](C)CCOC(=O)/C(=C/c1ccccc1)c1ccccc1.[Cl-]. The number of quaternary nitrogens is 1. The molecule has 0 amide bonds. The van der Waals surface area contributed by atoms with Crippen LogP contribution in [0, 0.1) is 0 Å². The van der Waals surface area contributed by atoms with Gasteiger partial charge in [-0.2, -0.15) is 0 Å². The molecule has 0 spiro atoms. The van der Waals surface area contributed by atoms with Crippen molar-refractivity contribution in [1.82, 2.24) is 0 Å². The van der Waals surface area contributed by atoms with E-state index in [0.29, 0.717) is 12.2 Å². The molecule has 122 valence electrons. The Morgan fingerprint density at radius 3 is 2.13 bits per heavy atom. The van der Waals surface area contributed by atoms with Gasteiger partial charge in [0.15, 0.2) is 0 Å². The van der Waals surface area contributed by atoms with Gasteiger partial charge in [-0.05, 0) is 17.2 Å². The van der Waals surface area contributed by atoms with E-state index in [4.69, 9.17) is 4.74 Å². The van der Waals surface area contributed by atoms with Crippen LogP contribution in [0.25, 0.3) is 11.6 Å². The Labute approximate surface area is 144 Å². The van der Waals surface area contributed by atoms with Crippen molar-refractivity contribution in [3.8, 4) is 0 Å². The number of halogens is 1. The van der Waals surface area contributed by atoms with E-state index in [2.05, 4.69) is 0 Å². The second kappa shape index (κ2) is 9.82. The molecule has 0 aromatic heterocycles. The highest BCUT2D eigenvalue weighted by Gasteiger charge is 2.14. The quantitative estimate of drug-likeness (QED) is 0.415. The number of rotatable bonds is 6. The fourth-order valence-corrected chi connectivity index (χ4v) is 2.02. The van der Waals surface area contributed by atoms with Crippen molar-refractivity contribution in [3.05, 3.63) is 71.8 Å². The maximum Gasteiger partial charge on any atom is 0.338 e. The molecular formula is C19H22ClNO2. The average Bonchev–Trinajstić information content (AvgIpc) is 2.54. The van der Waals surface area contributed by atoms with Crippen molar-refractivity contribution in [2.24, 2.45) is 0 Å². The molecule has 0 saturated carbocycles. The molecule has 2 rings (SSSR count). The lowest BCUT2D eigenvalue weighted by atomic mass is 10.0. The van der Waals surface area contributed by atoms with E-state index >= 15 is 0 Å². The van der Waals surface area contributed by atoms with Gasteiger partial charge in [0, 0.05) is 0 Å². The van der Waals surface area contributed by atoms with Gasteiger partial charge in [-0.25, -0.2) is 4.79 Å². The van der Waals surface area contributed by atoms with Crippen molar-refractivity contribution in [1.29, 1.82) is 0 Å². The second-order valence-electron chi connectivity index (χ2n) is 5.43. The minimum Gasteiger partial charge on any atom is -1.00 e. The summed E-state index contributed by atoms with van der Waals surface area (Å²) in [6.07, 6.45) is 1.88. The standard InChI is InChI=1S/C19H21NO2.ClH/c1-20(2)13-14-22-19(21)18(17-11-7-4-8-12-17)15-16-9-5-3-6-10-16;/h3-12,15H,13-14H2,1-2H3;1H/b18-15+;. The molecule has 4 heteroatoms. The van der Waals surface area contributed by atoms with Gasteiger partial charge in [-0.1, -0.05) is 60.7 Å². The van der Waals surface area contributed by atoms with Crippen molar-refractivity contribution in [2.75, 3.05) is 27.2 Å². The first-order valence-electron chi connectivity index (χ1n) is 7.45. The van der Waals surface area contributed by atoms with Gasteiger partial charge in [0.2, 0.25) is 0 Å². The Kier molecular flexibility index (Phi) is 8.09. The van der Waals surface area contributed by atoms with Gasteiger partial charge in [0.05, 0.1) is 19.7 Å². The summed E-state index contributed by atoms with van der Waals surface area (Å²) in [5.41, 5.74) is 2.44. The van der Waals surface area contributed by atoms with Crippen LogP contribution in [0.2, 0.25) is 0 Å². The minimum atomic E-state index is -0.281. The van der Waals surface area contributed by atoms with Gasteiger partial charge in [0.25, 0.3) is 0 Å². The zero-order chi connectivity index (χ0) is 15.8. The summed E-state index contributed by atoms with van der Waals surface area (Å²) >= 11 is 0. The number of ether oxygens (including phenoxy) is 1. The fraction of sp³-hybridized carbons (Fsp3) is 0.211. The zero-order valence-electron chi connectivity index (χ0n) is 13.5. The molecule has 2 aromatic rings. The van der Waals surface area contributed by atoms with Crippen LogP contribution in [0.1, 0.15) is 11.1 Å². The molecule has 3 nitrogen and oxygen atoms in total. The Hall–Kier alpha value is -2.10. The third-order valence-electron chi connectivity index (χ3n) is 3.25. The van der Waals surface area contributed by atoms with Crippen LogP contribution in [0.3, 0.4) is 0 Å². The highest BCUT2D eigenvalue weighted by Crippen LogP contribution is 2.19. The van der Waals surface area contributed by atoms with Crippen LogP contribution in [0.15, 0.2) is 60.7 Å². The Bertz CT molecular complexity index is 624. The van der Waals surface area contributed by atoms with Crippen LogP contribution < -0.4 is 17.3 Å². The molecule has 0 aliphatic carbocycles. The first-order valence-corrected chi connectivity index (χ1v) is 7.45. The predicted molar refractivity (Wildman–Crippen MR) is 89.4 cm³/mol. The van der Waals surface area contributed by atoms with Crippen molar-refractivity contribution >= 4 is 17.6 Å². The summed E-state index contributed by atoms with van der Waals surface area (Å²) in [7, 11) is 4.07. The van der Waals surface area contributed by atoms with Crippen LogP contribution in [-0.2, 0) is 9.53 Å². The Balaban J connectivity index is 0.00000264. The van der Waals surface area contributed by atoms with Crippen molar-refractivity contribution in [3.63, 3.8) is 0 Å². The number of esters is 1. The summed E-state index contributed by atoms with van der Waals surface area (Å²) in [6, 6.07) is 19.4. The fourth-order valence-electron chi connectivity index (χ4n) is 2.02. The van der Waals surface area contributed by atoms with Crippen LogP contribution in [0.5, 0.6) is 0 Å². The maximum atomic E-state index is 12.4. The molecule has 0 fully saturated rings. The molecule has 0 heterocycles. The average molecular weight is 332 g/mol. The van der Waals surface area contributed by atoms with E-state index in [1.54, 1.807) is 0 Å². The summed E-state index contributed by atoms with van der Waals surface area (Å²) in [5.74, 6) is -0.281. The normalized spacial score (nSPS) is 11.0. The van der Waals surface area contributed by atoms with Crippen molar-refractivity contribution in [2.45, 2.75) is 0 Å². The molecule has 1 N–H and O–H groups in total. The number of hydrogen-bond acceptors (Lipinski definition) is 2. The third-order valence-corrected chi connectivity index (χ3v) is 3.25. The largest absolute Gasteiger partial charge is 1.00 e. The van der Waals surface area contributed by atoms with Gasteiger partial charge in [0.1, 0.15) is 13.2 Å². The number of benzene rings is 2.